The van der Waals surface area contributed by atoms with Crippen molar-refractivity contribution in [3.8, 4) is 5.75 Å². The lowest BCUT2D eigenvalue weighted by atomic mass is 10.0. The van der Waals surface area contributed by atoms with E-state index in [1.165, 1.54) is 0 Å². The molecule has 2 aromatic carbocycles. The number of hydrogen-bond donors (Lipinski definition) is 1. The number of likely N-dealkylation sites (tertiary alicyclic amines) is 1. The first-order valence-electron chi connectivity index (χ1n) is 9.38. The Bertz CT molecular complexity index is 847. The fourth-order valence-corrected chi connectivity index (χ4v) is 3.63. The van der Waals surface area contributed by atoms with Crippen molar-refractivity contribution < 1.29 is 14.3 Å². The zero-order valence-corrected chi connectivity index (χ0v) is 16.1. The molecule has 2 aromatic rings. The number of hydrogen-bond acceptors (Lipinski definition) is 3. The number of carbonyl (C=O) groups is 2. The topological polar surface area (TPSA) is 58.6 Å². The Kier molecular flexibility index (Phi) is 5.79. The maximum absolute atomic E-state index is 13.1. The van der Waals surface area contributed by atoms with Gasteiger partial charge < -0.3 is 15.0 Å². The second-order valence-electron chi connectivity index (χ2n) is 7.00. The molecule has 1 N–H and O–H groups in total. The highest BCUT2D eigenvalue weighted by Gasteiger charge is 2.26. The highest BCUT2D eigenvalue weighted by Crippen LogP contribution is 2.26. The predicted molar refractivity (Wildman–Crippen MR) is 106 cm³/mol. The number of para-hydroxylation sites is 2. The molecule has 0 radical (unpaired) electrons. The molecule has 0 saturated carbocycles. The van der Waals surface area contributed by atoms with Crippen LogP contribution in [0, 0.1) is 6.92 Å². The highest BCUT2D eigenvalue weighted by atomic mass is 16.5. The summed E-state index contributed by atoms with van der Waals surface area (Å²) in [6.45, 7) is 4.73. The molecule has 0 aromatic heterocycles. The van der Waals surface area contributed by atoms with Crippen molar-refractivity contribution in [1.29, 1.82) is 0 Å². The van der Waals surface area contributed by atoms with Crippen LogP contribution in [0.3, 0.4) is 0 Å². The Morgan fingerprint density at radius 1 is 1.07 bits per heavy atom. The summed E-state index contributed by atoms with van der Waals surface area (Å²) in [5.41, 5.74) is 2.38. The van der Waals surface area contributed by atoms with Gasteiger partial charge in [-0.25, -0.2) is 0 Å². The van der Waals surface area contributed by atoms with E-state index in [1.54, 1.807) is 25.3 Å². The normalized spacial score (nSPS) is 16.7. The quantitative estimate of drug-likeness (QED) is 0.879. The van der Waals surface area contributed by atoms with Crippen molar-refractivity contribution in [3.05, 3.63) is 59.2 Å². The third-order valence-corrected chi connectivity index (χ3v) is 5.13. The predicted octanol–water partition coefficient (Wildman–Crippen LogP) is 4.27. The average molecular weight is 366 g/mol. The standard InChI is InChI=1S/C22H26N2O3/c1-15-9-8-12-18(20(15)27-3)21(25)23-19-13-5-4-11-17(19)22(26)24-14-7-6-10-16(24)2/h4-5,8-9,11-13,16H,6-7,10,14H2,1-3H3,(H,23,25). The number of amides is 2. The number of benzene rings is 2. The summed E-state index contributed by atoms with van der Waals surface area (Å²) >= 11 is 0. The van der Waals surface area contributed by atoms with Gasteiger partial charge in [0.05, 0.1) is 23.9 Å². The van der Waals surface area contributed by atoms with E-state index in [-0.39, 0.29) is 17.9 Å². The number of ether oxygens (including phenoxy) is 1. The first-order valence-corrected chi connectivity index (χ1v) is 9.38. The molecule has 5 heteroatoms. The van der Waals surface area contributed by atoms with Crippen molar-refractivity contribution in [2.75, 3.05) is 19.0 Å². The Morgan fingerprint density at radius 3 is 2.56 bits per heavy atom. The molecule has 5 nitrogen and oxygen atoms in total. The molecule has 142 valence electrons. The molecule has 1 aliphatic heterocycles. The first-order chi connectivity index (χ1) is 13.0. The Hall–Kier alpha value is -2.82. The molecule has 1 heterocycles. The molecular formula is C22H26N2O3. The lowest BCUT2D eigenvalue weighted by molar-refractivity contribution is 0.0636. The van der Waals surface area contributed by atoms with Gasteiger partial charge in [-0.15, -0.1) is 0 Å². The zero-order valence-electron chi connectivity index (χ0n) is 16.1. The van der Waals surface area contributed by atoms with Gasteiger partial charge >= 0.3 is 0 Å². The van der Waals surface area contributed by atoms with Crippen LogP contribution in [0.1, 0.15) is 52.5 Å². The molecular weight excluding hydrogens is 340 g/mol. The van der Waals surface area contributed by atoms with Gasteiger partial charge in [-0.2, -0.15) is 0 Å². The van der Waals surface area contributed by atoms with Gasteiger partial charge in [0.1, 0.15) is 5.75 Å². The van der Waals surface area contributed by atoms with Gasteiger partial charge in [-0.05, 0) is 56.9 Å². The van der Waals surface area contributed by atoms with Crippen molar-refractivity contribution >= 4 is 17.5 Å². The second-order valence-corrected chi connectivity index (χ2v) is 7.00. The van der Waals surface area contributed by atoms with Crippen molar-refractivity contribution in [3.63, 3.8) is 0 Å². The van der Waals surface area contributed by atoms with Crippen molar-refractivity contribution in [2.45, 2.75) is 39.2 Å². The van der Waals surface area contributed by atoms with Gasteiger partial charge in [0.15, 0.2) is 0 Å². The molecule has 0 bridgehead atoms. The number of aryl methyl sites for hydroxylation is 1. The van der Waals surface area contributed by atoms with Crippen LogP contribution in [0.25, 0.3) is 0 Å². The third-order valence-electron chi connectivity index (χ3n) is 5.13. The van der Waals surface area contributed by atoms with Crippen molar-refractivity contribution in [1.82, 2.24) is 4.90 Å². The summed E-state index contributed by atoms with van der Waals surface area (Å²) in [5, 5.41) is 2.90. The van der Waals surface area contributed by atoms with Gasteiger partial charge in [-0.1, -0.05) is 24.3 Å². The molecule has 1 aliphatic rings. The maximum atomic E-state index is 13.1. The molecule has 27 heavy (non-hydrogen) atoms. The van der Waals surface area contributed by atoms with Crippen LogP contribution in [0.4, 0.5) is 5.69 Å². The number of nitrogens with one attached hydrogen (secondary N) is 1. The fraction of sp³-hybridized carbons (Fsp3) is 0.364. The highest BCUT2D eigenvalue weighted by molar-refractivity contribution is 6.10. The second kappa shape index (κ2) is 8.25. The summed E-state index contributed by atoms with van der Waals surface area (Å²) < 4.78 is 5.39. The van der Waals surface area contributed by atoms with Crippen LogP contribution in [0.15, 0.2) is 42.5 Å². The van der Waals surface area contributed by atoms with E-state index in [2.05, 4.69) is 12.2 Å². The lowest BCUT2D eigenvalue weighted by Gasteiger charge is -2.34. The molecule has 2 amide bonds. The molecule has 1 unspecified atom stereocenters. The molecule has 0 aliphatic carbocycles. The minimum absolute atomic E-state index is 0.0330. The van der Waals surface area contributed by atoms with Crippen LogP contribution in [-0.4, -0.2) is 36.4 Å². The SMILES string of the molecule is COc1c(C)cccc1C(=O)Nc1ccccc1C(=O)N1CCCCC1C. The molecule has 1 fully saturated rings. The summed E-state index contributed by atoms with van der Waals surface area (Å²) in [5.74, 6) is 0.222. The van der Waals surface area contributed by atoms with Gasteiger partial charge in [0, 0.05) is 12.6 Å². The van der Waals surface area contributed by atoms with E-state index in [1.807, 2.05) is 36.1 Å². The monoisotopic (exact) mass is 366 g/mol. The van der Waals surface area contributed by atoms with Gasteiger partial charge in [-0.3, -0.25) is 9.59 Å². The van der Waals surface area contributed by atoms with Crippen LogP contribution < -0.4 is 10.1 Å². The van der Waals surface area contributed by atoms with Crippen LogP contribution in [0.2, 0.25) is 0 Å². The maximum Gasteiger partial charge on any atom is 0.259 e. The zero-order chi connectivity index (χ0) is 19.4. The molecule has 3 rings (SSSR count). The van der Waals surface area contributed by atoms with Crippen LogP contribution >= 0.6 is 0 Å². The summed E-state index contributed by atoms with van der Waals surface area (Å²) in [6.07, 6.45) is 3.18. The number of anilines is 1. The summed E-state index contributed by atoms with van der Waals surface area (Å²) in [7, 11) is 1.55. The van der Waals surface area contributed by atoms with Crippen molar-refractivity contribution in [2.24, 2.45) is 0 Å². The fourth-order valence-electron chi connectivity index (χ4n) is 3.63. The first kappa shape index (κ1) is 19.0. The Balaban J connectivity index is 1.87. The summed E-state index contributed by atoms with van der Waals surface area (Å²) in [4.78, 5) is 27.8. The smallest absolute Gasteiger partial charge is 0.259 e. The van der Waals surface area contributed by atoms with Crippen LogP contribution in [0.5, 0.6) is 5.75 Å². The number of nitrogens with zero attached hydrogens (tertiary/aromatic N) is 1. The number of methoxy groups -OCH3 is 1. The third kappa shape index (κ3) is 3.97. The van der Waals surface area contributed by atoms with E-state index in [0.29, 0.717) is 22.6 Å². The van der Waals surface area contributed by atoms with E-state index < -0.39 is 0 Å². The van der Waals surface area contributed by atoms with E-state index in [9.17, 15) is 9.59 Å². The van der Waals surface area contributed by atoms with E-state index >= 15 is 0 Å². The lowest BCUT2D eigenvalue weighted by Crippen LogP contribution is -2.42. The van der Waals surface area contributed by atoms with Crippen LogP contribution in [-0.2, 0) is 0 Å². The van der Waals surface area contributed by atoms with E-state index in [0.717, 1.165) is 31.4 Å². The summed E-state index contributed by atoms with van der Waals surface area (Å²) in [6, 6.07) is 12.8. The minimum atomic E-state index is -0.289. The number of piperidine rings is 1. The number of carbonyl (C=O) groups excluding carboxylic acids is 2. The van der Waals surface area contributed by atoms with Gasteiger partial charge in [0.25, 0.3) is 11.8 Å². The van der Waals surface area contributed by atoms with E-state index in [4.69, 9.17) is 4.74 Å². The Morgan fingerprint density at radius 2 is 1.81 bits per heavy atom. The largest absolute Gasteiger partial charge is 0.496 e. The Labute approximate surface area is 160 Å². The molecule has 0 spiro atoms. The number of rotatable bonds is 4. The van der Waals surface area contributed by atoms with Gasteiger partial charge in [0.2, 0.25) is 0 Å². The minimum Gasteiger partial charge on any atom is -0.496 e. The molecule has 1 atom stereocenters. The molecule has 1 saturated heterocycles. The average Bonchev–Trinajstić information content (AvgIpc) is 2.68.